The molecule has 0 aliphatic rings. The van der Waals surface area contributed by atoms with Gasteiger partial charge in [0.25, 0.3) is 10.0 Å². The molecule has 0 aliphatic carbocycles. The lowest BCUT2D eigenvalue weighted by molar-refractivity contribution is 0.415. The highest BCUT2D eigenvalue weighted by Gasteiger charge is 2.17. The van der Waals surface area contributed by atoms with E-state index in [0.29, 0.717) is 33.8 Å². The van der Waals surface area contributed by atoms with Crippen LogP contribution in [0.15, 0.2) is 60.0 Å². The highest BCUT2D eigenvalue weighted by molar-refractivity contribution is 7.92. The molecule has 2 aromatic carbocycles. The summed E-state index contributed by atoms with van der Waals surface area (Å²) in [6, 6.07) is 10.8. The number of ether oxygens (including phenoxy) is 1. The molecule has 2 rings (SSSR count). The van der Waals surface area contributed by atoms with E-state index in [0.717, 1.165) is 0 Å². The van der Waals surface area contributed by atoms with Crippen LogP contribution < -0.4 is 20.1 Å². The van der Waals surface area contributed by atoms with Gasteiger partial charge in [-0.1, -0.05) is 17.7 Å². The fourth-order valence-electron chi connectivity index (χ4n) is 2.01. The van der Waals surface area contributed by atoms with Crippen LogP contribution in [-0.2, 0) is 10.0 Å². The first-order valence-electron chi connectivity index (χ1n) is 7.48. The summed E-state index contributed by atoms with van der Waals surface area (Å²) < 4.78 is 32.9. The van der Waals surface area contributed by atoms with Gasteiger partial charge in [-0.15, -0.1) is 6.58 Å². The average molecular weight is 412 g/mol. The molecule has 6 nitrogen and oxygen atoms in total. The van der Waals surface area contributed by atoms with Crippen LogP contribution >= 0.6 is 23.8 Å². The van der Waals surface area contributed by atoms with Crippen molar-refractivity contribution in [3.05, 3.63) is 60.1 Å². The van der Waals surface area contributed by atoms with Gasteiger partial charge in [0.15, 0.2) is 5.11 Å². The molecule has 0 radical (unpaired) electrons. The summed E-state index contributed by atoms with van der Waals surface area (Å²) in [7, 11) is -2.33. The van der Waals surface area contributed by atoms with E-state index in [1.807, 2.05) is 0 Å². The first kappa shape index (κ1) is 20.0. The van der Waals surface area contributed by atoms with Gasteiger partial charge in [-0.25, -0.2) is 8.42 Å². The molecule has 0 aromatic heterocycles. The number of thiocarbonyl (C=S) groups is 1. The fourth-order valence-corrected chi connectivity index (χ4v) is 3.40. The summed E-state index contributed by atoms with van der Waals surface area (Å²) in [5, 5.41) is 6.76. The molecular formula is C17H18ClN3O3S2. The molecule has 26 heavy (non-hydrogen) atoms. The highest BCUT2D eigenvalue weighted by atomic mass is 35.5. The molecule has 3 N–H and O–H groups in total. The molecule has 0 spiro atoms. The Morgan fingerprint density at radius 2 is 1.96 bits per heavy atom. The molecule has 0 heterocycles. The van der Waals surface area contributed by atoms with E-state index in [1.165, 1.54) is 19.2 Å². The van der Waals surface area contributed by atoms with Gasteiger partial charge in [-0.05, 0) is 48.6 Å². The molecule has 0 fully saturated rings. The Morgan fingerprint density at radius 1 is 1.27 bits per heavy atom. The number of rotatable bonds is 7. The van der Waals surface area contributed by atoms with E-state index in [4.69, 9.17) is 28.6 Å². The number of nitrogens with one attached hydrogen (secondary N) is 3. The molecule has 2 aromatic rings. The Balaban J connectivity index is 2.22. The van der Waals surface area contributed by atoms with Crippen LogP contribution in [0.25, 0.3) is 0 Å². The van der Waals surface area contributed by atoms with Crippen LogP contribution in [0.3, 0.4) is 0 Å². The maximum Gasteiger partial charge on any atom is 0.262 e. The van der Waals surface area contributed by atoms with Crippen molar-refractivity contribution in [3.63, 3.8) is 0 Å². The first-order valence-corrected chi connectivity index (χ1v) is 9.75. The van der Waals surface area contributed by atoms with Gasteiger partial charge in [-0.2, -0.15) is 0 Å². The van der Waals surface area contributed by atoms with E-state index in [-0.39, 0.29) is 4.90 Å². The minimum absolute atomic E-state index is 0.0554. The number of hydrogen-bond acceptors (Lipinski definition) is 4. The van der Waals surface area contributed by atoms with Gasteiger partial charge < -0.3 is 15.4 Å². The van der Waals surface area contributed by atoms with Crippen LogP contribution in [-0.4, -0.2) is 27.2 Å². The second-order valence-electron chi connectivity index (χ2n) is 5.10. The van der Waals surface area contributed by atoms with Crippen LogP contribution in [0.2, 0.25) is 5.02 Å². The quantitative estimate of drug-likeness (QED) is 0.477. The Labute approximate surface area is 163 Å². The van der Waals surface area contributed by atoms with E-state index in [2.05, 4.69) is 21.9 Å². The number of methoxy groups -OCH3 is 1. The second kappa shape index (κ2) is 8.88. The lowest BCUT2D eigenvalue weighted by Crippen LogP contribution is -2.28. The summed E-state index contributed by atoms with van der Waals surface area (Å²) in [6.07, 6.45) is 1.67. The number of benzene rings is 2. The summed E-state index contributed by atoms with van der Waals surface area (Å²) in [6.45, 7) is 4.10. The maximum absolute atomic E-state index is 12.6. The van der Waals surface area contributed by atoms with Gasteiger partial charge in [0.1, 0.15) is 5.75 Å². The minimum atomic E-state index is -3.78. The van der Waals surface area contributed by atoms with Crippen molar-refractivity contribution in [2.75, 3.05) is 23.7 Å². The number of halogens is 1. The third-order valence-electron chi connectivity index (χ3n) is 3.23. The Bertz CT molecular complexity index is 900. The van der Waals surface area contributed by atoms with Gasteiger partial charge in [0.05, 0.1) is 17.7 Å². The lowest BCUT2D eigenvalue weighted by Gasteiger charge is -2.14. The minimum Gasteiger partial charge on any atom is -0.495 e. The third kappa shape index (κ3) is 5.35. The summed E-state index contributed by atoms with van der Waals surface area (Å²) in [4.78, 5) is 0.0554. The summed E-state index contributed by atoms with van der Waals surface area (Å²) >= 11 is 11.0. The Kier molecular flexibility index (Phi) is 6.84. The van der Waals surface area contributed by atoms with Gasteiger partial charge in [-0.3, -0.25) is 4.72 Å². The van der Waals surface area contributed by atoms with Crippen molar-refractivity contribution < 1.29 is 13.2 Å². The van der Waals surface area contributed by atoms with Crippen molar-refractivity contribution in [1.82, 2.24) is 5.32 Å². The number of hydrogen-bond donors (Lipinski definition) is 3. The SMILES string of the molecule is C=CCNC(=S)Nc1ccc(S(=O)(=O)Nc2ccc(Cl)cc2)cc1OC. The van der Waals surface area contributed by atoms with Gasteiger partial charge >= 0.3 is 0 Å². The predicted octanol–water partition coefficient (Wildman–Crippen LogP) is 3.62. The van der Waals surface area contributed by atoms with E-state index in [1.54, 1.807) is 36.4 Å². The molecular weight excluding hydrogens is 394 g/mol. The standard InChI is InChI=1S/C17H18ClN3O3S2/c1-3-10-19-17(25)20-15-9-8-14(11-16(15)24-2)26(22,23)21-13-6-4-12(18)5-7-13/h3-9,11,21H,1,10H2,2H3,(H2,19,20,25). The number of sulfonamides is 1. The summed E-state index contributed by atoms with van der Waals surface area (Å²) in [5.74, 6) is 0.340. The highest BCUT2D eigenvalue weighted by Crippen LogP contribution is 2.28. The molecule has 9 heteroatoms. The van der Waals surface area contributed by atoms with Gasteiger partial charge in [0.2, 0.25) is 0 Å². The Hall–Kier alpha value is -2.29. The van der Waals surface area contributed by atoms with Gasteiger partial charge in [0, 0.05) is 23.3 Å². The molecule has 0 amide bonds. The molecule has 0 saturated carbocycles. The van der Waals surface area contributed by atoms with Crippen molar-refractivity contribution in [1.29, 1.82) is 0 Å². The summed E-state index contributed by atoms with van der Waals surface area (Å²) in [5.41, 5.74) is 0.949. The van der Waals surface area contributed by atoms with E-state index in [9.17, 15) is 8.42 Å². The van der Waals surface area contributed by atoms with Crippen LogP contribution in [0.4, 0.5) is 11.4 Å². The van der Waals surface area contributed by atoms with Crippen molar-refractivity contribution in [2.24, 2.45) is 0 Å². The Morgan fingerprint density at radius 3 is 2.58 bits per heavy atom. The first-order chi connectivity index (χ1) is 12.4. The van der Waals surface area contributed by atoms with E-state index >= 15 is 0 Å². The van der Waals surface area contributed by atoms with Crippen molar-refractivity contribution in [2.45, 2.75) is 4.90 Å². The molecule has 0 atom stereocenters. The molecule has 0 aliphatic heterocycles. The van der Waals surface area contributed by atoms with E-state index < -0.39 is 10.0 Å². The smallest absolute Gasteiger partial charge is 0.262 e. The molecule has 0 saturated heterocycles. The molecule has 0 bridgehead atoms. The topological polar surface area (TPSA) is 79.5 Å². The largest absolute Gasteiger partial charge is 0.495 e. The fraction of sp³-hybridized carbons (Fsp3) is 0.118. The predicted molar refractivity (Wildman–Crippen MR) is 110 cm³/mol. The molecule has 138 valence electrons. The second-order valence-corrected chi connectivity index (χ2v) is 7.63. The van der Waals surface area contributed by atoms with Crippen LogP contribution in [0.5, 0.6) is 5.75 Å². The number of anilines is 2. The lowest BCUT2D eigenvalue weighted by atomic mass is 10.3. The molecule has 0 unspecified atom stereocenters. The van der Waals surface area contributed by atoms with Crippen LogP contribution in [0.1, 0.15) is 0 Å². The third-order valence-corrected chi connectivity index (χ3v) is 5.11. The van der Waals surface area contributed by atoms with Crippen molar-refractivity contribution in [3.8, 4) is 5.75 Å². The average Bonchev–Trinajstić information content (AvgIpc) is 2.62. The monoisotopic (exact) mass is 411 g/mol. The maximum atomic E-state index is 12.6. The zero-order chi connectivity index (χ0) is 19.2. The van der Waals surface area contributed by atoms with Crippen molar-refractivity contribution >= 4 is 50.3 Å². The zero-order valence-corrected chi connectivity index (χ0v) is 16.3. The normalized spacial score (nSPS) is 10.7. The van der Waals surface area contributed by atoms with Crippen LogP contribution in [0, 0.1) is 0 Å². The zero-order valence-electron chi connectivity index (χ0n) is 14.0.